The van der Waals surface area contributed by atoms with Crippen molar-refractivity contribution in [3.05, 3.63) is 33.1 Å². The van der Waals surface area contributed by atoms with Crippen LogP contribution in [0.15, 0.2) is 18.2 Å². The zero-order chi connectivity index (χ0) is 9.84. The Balaban J connectivity index is 2.75. The molecule has 3 heteroatoms. The Kier molecular flexibility index (Phi) is 4.12. The molecule has 2 N–H and O–H groups in total. The summed E-state index contributed by atoms with van der Waals surface area (Å²) in [6.07, 6.45) is 1.56. The Morgan fingerprint density at radius 3 is 2.77 bits per heavy atom. The minimum atomic E-state index is -0.118. The minimum Gasteiger partial charge on any atom is -0.328 e. The van der Waals surface area contributed by atoms with Crippen molar-refractivity contribution in [2.45, 2.75) is 25.8 Å². The molecule has 0 bridgehead atoms. The smallest absolute Gasteiger partial charge is 0.127 e. The lowest BCUT2D eigenvalue weighted by Gasteiger charge is -2.07. The van der Waals surface area contributed by atoms with Gasteiger partial charge in [-0.25, -0.2) is 4.39 Å². The quantitative estimate of drug-likeness (QED) is 0.852. The summed E-state index contributed by atoms with van der Waals surface area (Å²) in [4.78, 5) is 0. The minimum absolute atomic E-state index is 0.118. The van der Waals surface area contributed by atoms with E-state index in [1.807, 2.05) is 13.0 Å². The van der Waals surface area contributed by atoms with Gasteiger partial charge in [0.2, 0.25) is 0 Å². The highest BCUT2D eigenvalue weighted by atomic mass is 127. The van der Waals surface area contributed by atoms with Gasteiger partial charge in [-0.2, -0.15) is 0 Å². The standard InChI is InChI=1S/C10H13FIN/c1-7(13)5-6-8-9(11)3-2-4-10(8)12/h2-4,7H,5-6,13H2,1H3/t7-/m0/s1. The van der Waals surface area contributed by atoms with E-state index in [1.54, 1.807) is 6.07 Å². The Morgan fingerprint density at radius 2 is 2.23 bits per heavy atom. The second kappa shape index (κ2) is 4.91. The van der Waals surface area contributed by atoms with Gasteiger partial charge < -0.3 is 5.73 Å². The van der Waals surface area contributed by atoms with Gasteiger partial charge in [-0.1, -0.05) is 6.07 Å². The van der Waals surface area contributed by atoms with Gasteiger partial charge in [-0.3, -0.25) is 0 Å². The topological polar surface area (TPSA) is 26.0 Å². The van der Waals surface area contributed by atoms with Crippen molar-refractivity contribution in [3.8, 4) is 0 Å². The highest BCUT2D eigenvalue weighted by Crippen LogP contribution is 2.17. The molecule has 0 radical (unpaired) electrons. The van der Waals surface area contributed by atoms with E-state index >= 15 is 0 Å². The summed E-state index contributed by atoms with van der Waals surface area (Å²) in [5.74, 6) is -0.118. The van der Waals surface area contributed by atoms with Crippen LogP contribution in [0.3, 0.4) is 0 Å². The number of nitrogens with two attached hydrogens (primary N) is 1. The van der Waals surface area contributed by atoms with Gasteiger partial charge in [0.15, 0.2) is 0 Å². The van der Waals surface area contributed by atoms with Gasteiger partial charge in [0.05, 0.1) is 0 Å². The molecule has 0 spiro atoms. The maximum absolute atomic E-state index is 13.3. The maximum Gasteiger partial charge on any atom is 0.127 e. The summed E-state index contributed by atoms with van der Waals surface area (Å²) in [5.41, 5.74) is 6.41. The largest absolute Gasteiger partial charge is 0.328 e. The van der Waals surface area contributed by atoms with E-state index in [-0.39, 0.29) is 11.9 Å². The number of benzene rings is 1. The van der Waals surface area contributed by atoms with Crippen LogP contribution in [0.1, 0.15) is 18.9 Å². The summed E-state index contributed by atoms with van der Waals surface area (Å²) in [7, 11) is 0. The van der Waals surface area contributed by atoms with Crippen molar-refractivity contribution in [1.29, 1.82) is 0 Å². The molecule has 13 heavy (non-hydrogen) atoms. The van der Waals surface area contributed by atoms with Crippen LogP contribution in [-0.4, -0.2) is 6.04 Å². The van der Waals surface area contributed by atoms with E-state index in [4.69, 9.17) is 5.73 Å². The molecule has 0 aliphatic heterocycles. The molecule has 1 aromatic rings. The van der Waals surface area contributed by atoms with Crippen molar-refractivity contribution in [1.82, 2.24) is 0 Å². The highest BCUT2D eigenvalue weighted by Gasteiger charge is 2.06. The van der Waals surface area contributed by atoms with Crippen molar-refractivity contribution in [3.63, 3.8) is 0 Å². The van der Waals surface area contributed by atoms with E-state index in [2.05, 4.69) is 22.6 Å². The van der Waals surface area contributed by atoms with Gasteiger partial charge in [-0.05, 0) is 54.5 Å². The number of hydrogen-bond acceptors (Lipinski definition) is 1. The van der Waals surface area contributed by atoms with Crippen LogP contribution in [0.25, 0.3) is 0 Å². The predicted molar refractivity (Wildman–Crippen MR) is 61.1 cm³/mol. The first-order valence-electron chi connectivity index (χ1n) is 4.29. The molecule has 0 aliphatic carbocycles. The summed E-state index contributed by atoms with van der Waals surface area (Å²) >= 11 is 2.15. The van der Waals surface area contributed by atoms with Crippen molar-refractivity contribution in [2.75, 3.05) is 0 Å². The molecule has 0 fully saturated rings. The second-order valence-electron chi connectivity index (χ2n) is 3.22. The van der Waals surface area contributed by atoms with Crippen LogP contribution in [0.4, 0.5) is 4.39 Å². The first-order chi connectivity index (χ1) is 6.11. The normalized spacial score (nSPS) is 12.9. The van der Waals surface area contributed by atoms with Crippen LogP contribution >= 0.6 is 22.6 Å². The Morgan fingerprint density at radius 1 is 1.54 bits per heavy atom. The van der Waals surface area contributed by atoms with Gasteiger partial charge >= 0.3 is 0 Å². The summed E-state index contributed by atoms with van der Waals surface area (Å²) in [6, 6.07) is 5.28. The molecule has 0 amide bonds. The van der Waals surface area contributed by atoms with Crippen LogP contribution in [0, 0.1) is 9.39 Å². The molecule has 0 saturated heterocycles. The summed E-state index contributed by atoms with van der Waals surface area (Å²) in [6.45, 7) is 1.94. The molecule has 0 saturated carbocycles. The molecular weight excluding hydrogens is 280 g/mol. The molecule has 1 rings (SSSR count). The Bertz CT molecular complexity index is 266. The van der Waals surface area contributed by atoms with Crippen LogP contribution in [-0.2, 0) is 6.42 Å². The lowest BCUT2D eigenvalue weighted by Crippen LogP contribution is -2.16. The third kappa shape index (κ3) is 3.23. The van der Waals surface area contributed by atoms with Gasteiger partial charge in [0.25, 0.3) is 0 Å². The molecule has 1 atom stereocenters. The van der Waals surface area contributed by atoms with Crippen molar-refractivity contribution < 1.29 is 4.39 Å². The molecule has 0 aromatic heterocycles. The highest BCUT2D eigenvalue weighted by molar-refractivity contribution is 14.1. The number of rotatable bonds is 3. The van der Waals surface area contributed by atoms with E-state index in [9.17, 15) is 4.39 Å². The Labute approximate surface area is 91.7 Å². The van der Waals surface area contributed by atoms with E-state index in [1.165, 1.54) is 6.07 Å². The van der Waals surface area contributed by atoms with Gasteiger partial charge in [-0.15, -0.1) is 0 Å². The van der Waals surface area contributed by atoms with Crippen LogP contribution in [0.5, 0.6) is 0 Å². The molecule has 1 aromatic carbocycles. The van der Waals surface area contributed by atoms with Gasteiger partial charge in [0, 0.05) is 15.2 Å². The van der Waals surface area contributed by atoms with Crippen LogP contribution in [0.2, 0.25) is 0 Å². The summed E-state index contributed by atoms with van der Waals surface area (Å²) in [5, 5.41) is 0. The second-order valence-corrected chi connectivity index (χ2v) is 4.38. The van der Waals surface area contributed by atoms with Crippen LogP contribution < -0.4 is 5.73 Å². The van der Waals surface area contributed by atoms with E-state index in [0.29, 0.717) is 0 Å². The SMILES string of the molecule is C[C@H](N)CCc1c(F)cccc1I. The lowest BCUT2D eigenvalue weighted by atomic mass is 10.1. The molecule has 1 nitrogen and oxygen atoms in total. The molecule has 72 valence electrons. The van der Waals surface area contributed by atoms with E-state index < -0.39 is 0 Å². The number of hydrogen-bond donors (Lipinski definition) is 1. The molecule has 0 aliphatic rings. The lowest BCUT2D eigenvalue weighted by molar-refractivity contribution is 0.588. The van der Waals surface area contributed by atoms with Gasteiger partial charge in [0.1, 0.15) is 5.82 Å². The number of halogens is 2. The van der Waals surface area contributed by atoms with Crippen molar-refractivity contribution >= 4 is 22.6 Å². The monoisotopic (exact) mass is 293 g/mol. The average Bonchev–Trinajstić information content (AvgIpc) is 2.03. The fourth-order valence-electron chi connectivity index (χ4n) is 1.14. The zero-order valence-electron chi connectivity index (χ0n) is 7.56. The fraction of sp³-hybridized carbons (Fsp3) is 0.400. The molecule has 0 heterocycles. The average molecular weight is 293 g/mol. The maximum atomic E-state index is 13.3. The van der Waals surface area contributed by atoms with E-state index in [0.717, 1.165) is 22.0 Å². The third-order valence-corrected chi connectivity index (χ3v) is 2.92. The molecular formula is C10H13FIN. The predicted octanol–water partition coefficient (Wildman–Crippen LogP) is 2.71. The third-order valence-electron chi connectivity index (χ3n) is 1.91. The zero-order valence-corrected chi connectivity index (χ0v) is 9.71. The first-order valence-corrected chi connectivity index (χ1v) is 5.37. The Hall–Kier alpha value is -0.160. The first kappa shape index (κ1) is 10.9. The fourth-order valence-corrected chi connectivity index (χ4v) is 1.88. The summed E-state index contributed by atoms with van der Waals surface area (Å²) < 4.78 is 14.2. The molecule has 0 unspecified atom stereocenters. The van der Waals surface area contributed by atoms with Crippen molar-refractivity contribution in [2.24, 2.45) is 5.73 Å².